The summed E-state index contributed by atoms with van der Waals surface area (Å²) in [5, 5.41) is 9.21. The molecule has 0 saturated carbocycles. The highest BCUT2D eigenvalue weighted by Gasteiger charge is 2.35. The van der Waals surface area contributed by atoms with Crippen molar-refractivity contribution in [1.82, 2.24) is 4.98 Å². The van der Waals surface area contributed by atoms with E-state index in [-0.39, 0.29) is 11.1 Å². The third-order valence-corrected chi connectivity index (χ3v) is 2.81. The van der Waals surface area contributed by atoms with E-state index < -0.39 is 36.3 Å². The van der Waals surface area contributed by atoms with Crippen LogP contribution >= 0.6 is 0 Å². The lowest BCUT2D eigenvalue weighted by Crippen LogP contribution is -2.18. The molecule has 0 unspecified atom stereocenters. The first kappa shape index (κ1) is 17.1. The summed E-state index contributed by atoms with van der Waals surface area (Å²) in [5.74, 6) is -0.707. The van der Waals surface area contributed by atoms with E-state index in [0.29, 0.717) is 6.07 Å². The third kappa shape index (κ3) is 4.13. The van der Waals surface area contributed by atoms with Crippen molar-refractivity contribution in [3.8, 4) is 17.0 Å². The topological polar surface area (TPSA) is 42.4 Å². The predicted octanol–water partition coefficient (Wildman–Crippen LogP) is 4.16. The number of hydrogen-bond acceptors (Lipinski definition) is 3. The normalized spacial score (nSPS) is 12.3. The number of halogens is 6. The molecule has 0 aliphatic rings. The number of nitrogens with zero attached hydrogens (tertiary/aromatic N) is 1. The molecule has 0 bridgehead atoms. The molecule has 0 amide bonds. The smallest absolute Gasteiger partial charge is 0.405 e. The second-order valence-electron chi connectivity index (χ2n) is 4.40. The molecule has 1 aromatic carbocycles. The standard InChI is InChI=1S/C14H9F6NO2/c15-13(16,17)11-6-5-8(7-22)12(21-11)9-3-1-2-4-10(9)23-14(18,19)20/h1-6,22H,7H2. The maximum Gasteiger partial charge on any atom is 0.573 e. The first-order valence-corrected chi connectivity index (χ1v) is 6.15. The Morgan fingerprint density at radius 1 is 0.957 bits per heavy atom. The van der Waals surface area contributed by atoms with E-state index >= 15 is 0 Å². The molecule has 0 atom stereocenters. The molecule has 0 aliphatic carbocycles. The van der Waals surface area contributed by atoms with Crippen molar-refractivity contribution in [1.29, 1.82) is 0 Å². The number of aromatic nitrogens is 1. The minimum Gasteiger partial charge on any atom is -0.405 e. The maximum absolute atomic E-state index is 12.8. The lowest BCUT2D eigenvalue weighted by molar-refractivity contribution is -0.274. The minimum atomic E-state index is -5.02. The molecular formula is C14H9F6NO2. The van der Waals surface area contributed by atoms with Gasteiger partial charge in [0.25, 0.3) is 0 Å². The summed E-state index contributed by atoms with van der Waals surface area (Å²) in [7, 11) is 0. The molecule has 0 fully saturated rings. The molecule has 9 heteroatoms. The van der Waals surface area contributed by atoms with Crippen molar-refractivity contribution in [2.45, 2.75) is 19.1 Å². The van der Waals surface area contributed by atoms with Gasteiger partial charge in [-0.15, -0.1) is 13.2 Å². The van der Waals surface area contributed by atoms with Crippen LogP contribution in [0.25, 0.3) is 11.3 Å². The van der Waals surface area contributed by atoms with Gasteiger partial charge in [0.05, 0.1) is 12.3 Å². The zero-order valence-corrected chi connectivity index (χ0v) is 11.2. The zero-order valence-electron chi connectivity index (χ0n) is 11.2. The van der Waals surface area contributed by atoms with Gasteiger partial charge in [0.1, 0.15) is 11.4 Å². The fourth-order valence-corrected chi connectivity index (χ4v) is 1.88. The van der Waals surface area contributed by atoms with Crippen LogP contribution in [0.4, 0.5) is 26.3 Å². The molecule has 0 aliphatic heterocycles. The first-order chi connectivity index (χ1) is 10.6. The molecule has 2 rings (SSSR count). The Hall–Kier alpha value is -2.29. The van der Waals surface area contributed by atoms with Crippen LogP contribution in [0.5, 0.6) is 5.75 Å². The van der Waals surface area contributed by atoms with Crippen molar-refractivity contribution < 1.29 is 36.2 Å². The molecule has 0 saturated heterocycles. The number of hydrogen-bond donors (Lipinski definition) is 1. The number of aliphatic hydroxyl groups is 1. The molecule has 0 spiro atoms. The van der Waals surface area contributed by atoms with Crippen molar-refractivity contribution >= 4 is 0 Å². The van der Waals surface area contributed by atoms with E-state index in [0.717, 1.165) is 18.2 Å². The SMILES string of the molecule is OCc1ccc(C(F)(F)F)nc1-c1ccccc1OC(F)(F)F. The summed E-state index contributed by atoms with van der Waals surface area (Å²) in [6.07, 6.45) is -9.79. The van der Waals surface area contributed by atoms with Crippen LogP contribution in [0.3, 0.4) is 0 Å². The summed E-state index contributed by atoms with van der Waals surface area (Å²) in [4.78, 5) is 3.34. The van der Waals surface area contributed by atoms with Crippen LogP contribution in [-0.2, 0) is 12.8 Å². The van der Waals surface area contributed by atoms with Crippen LogP contribution in [0.2, 0.25) is 0 Å². The molecule has 1 aromatic heterocycles. The van der Waals surface area contributed by atoms with Crippen LogP contribution < -0.4 is 4.74 Å². The minimum absolute atomic E-state index is 0.0591. The quantitative estimate of drug-likeness (QED) is 0.856. The van der Waals surface area contributed by atoms with Gasteiger partial charge in [-0.05, 0) is 18.2 Å². The van der Waals surface area contributed by atoms with Crippen molar-refractivity contribution in [3.05, 3.63) is 47.7 Å². The Balaban J connectivity index is 2.61. The largest absolute Gasteiger partial charge is 0.573 e. The van der Waals surface area contributed by atoms with Gasteiger partial charge in [-0.2, -0.15) is 13.2 Å². The van der Waals surface area contributed by atoms with Gasteiger partial charge in [-0.1, -0.05) is 18.2 Å². The van der Waals surface area contributed by atoms with Crippen LogP contribution in [-0.4, -0.2) is 16.5 Å². The number of alkyl halides is 6. The van der Waals surface area contributed by atoms with E-state index in [1.807, 2.05) is 0 Å². The second kappa shape index (κ2) is 6.07. The van der Waals surface area contributed by atoms with Gasteiger partial charge in [-0.25, -0.2) is 4.98 Å². The van der Waals surface area contributed by atoms with E-state index in [1.165, 1.54) is 12.1 Å². The predicted molar refractivity (Wildman–Crippen MR) is 67.3 cm³/mol. The summed E-state index contributed by atoms with van der Waals surface area (Å²) in [6.45, 7) is -0.694. The third-order valence-electron chi connectivity index (χ3n) is 2.81. The molecule has 3 nitrogen and oxygen atoms in total. The van der Waals surface area contributed by atoms with E-state index in [2.05, 4.69) is 9.72 Å². The van der Waals surface area contributed by atoms with Gasteiger partial charge in [0.2, 0.25) is 0 Å². The number of aliphatic hydroxyl groups excluding tert-OH is 1. The molecule has 1 heterocycles. The van der Waals surface area contributed by atoms with Crippen molar-refractivity contribution in [2.75, 3.05) is 0 Å². The zero-order chi connectivity index (χ0) is 17.3. The van der Waals surface area contributed by atoms with Gasteiger partial charge in [-0.3, -0.25) is 0 Å². The second-order valence-corrected chi connectivity index (χ2v) is 4.40. The number of pyridine rings is 1. The number of ether oxygens (including phenoxy) is 1. The molecule has 124 valence electrons. The number of rotatable bonds is 3. The highest BCUT2D eigenvalue weighted by molar-refractivity contribution is 5.70. The van der Waals surface area contributed by atoms with Gasteiger partial charge in [0, 0.05) is 11.1 Å². The molecule has 0 radical (unpaired) electrons. The van der Waals surface area contributed by atoms with Crippen molar-refractivity contribution in [3.63, 3.8) is 0 Å². The summed E-state index contributed by atoms with van der Waals surface area (Å²) < 4.78 is 79.3. The van der Waals surface area contributed by atoms with Crippen LogP contribution in [0, 0.1) is 0 Å². The fourth-order valence-electron chi connectivity index (χ4n) is 1.88. The Morgan fingerprint density at radius 2 is 1.61 bits per heavy atom. The summed E-state index contributed by atoms with van der Waals surface area (Å²) in [5.41, 5.74) is -2.08. The van der Waals surface area contributed by atoms with E-state index in [4.69, 9.17) is 0 Å². The van der Waals surface area contributed by atoms with E-state index in [1.54, 1.807) is 0 Å². The van der Waals surface area contributed by atoms with Gasteiger partial charge < -0.3 is 9.84 Å². The van der Waals surface area contributed by atoms with Gasteiger partial charge >= 0.3 is 12.5 Å². The number of benzene rings is 1. The Bertz CT molecular complexity index is 696. The fraction of sp³-hybridized carbons (Fsp3) is 0.214. The monoisotopic (exact) mass is 337 g/mol. The highest BCUT2D eigenvalue weighted by Crippen LogP contribution is 2.36. The Morgan fingerprint density at radius 3 is 2.17 bits per heavy atom. The lowest BCUT2D eigenvalue weighted by Gasteiger charge is -2.16. The van der Waals surface area contributed by atoms with Crippen LogP contribution in [0.15, 0.2) is 36.4 Å². The molecule has 1 N–H and O–H groups in total. The number of para-hydroxylation sites is 1. The Kier molecular flexibility index (Phi) is 4.51. The molecular weight excluding hydrogens is 328 g/mol. The molecule has 2 aromatic rings. The van der Waals surface area contributed by atoms with Crippen molar-refractivity contribution in [2.24, 2.45) is 0 Å². The average molecular weight is 337 g/mol. The van der Waals surface area contributed by atoms with Gasteiger partial charge in [0.15, 0.2) is 0 Å². The van der Waals surface area contributed by atoms with Crippen LogP contribution in [0.1, 0.15) is 11.3 Å². The summed E-state index contributed by atoms with van der Waals surface area (Å²) >= 11 is 0. The maximum atomic E-state index is 12.8. The first-order valence-electron chi connectivity index (χ1n) is 6.15. The summed E-state index contributed by atoms with van der Waals surface area (Å²) in [6, 6.07) is 6.23. The average Bonchev–Trinajstić information content (AvgIpc) is 2.44. The Labute approximate surface area is 126 Å². The van der Waals surface area contributed by atoms with E-state index in [9.17, 15) is 31.4 Å². The molecule has 23 heavy (non-hydrogen) atoms. The lowest BCUT2D eigenvalue weighted by atomic mass is 10.0. The highest BCUT2D eigenvalue weighted by atomic mass is 19.4.